The van der Waals surface area contributed by atoms with Crippen molar-refractivity contribution in [2.45, 2.75) is 45.7 Å². The second kappa shape index (κ2) is 6.02. The Labute approximate surface area is 104 Å². The van der Waals surface area contributed by atoms with E-state index in [2.05, 4.69) is 31.7 Å². The van der Waals surface area contributed by atoms with E-state index in [1.165, 1.54) is 0 Å². The maximum atomic E-state index is 12.1. The van der Waals surface area contributed by atoms with Crippen molar-refractivity contribution in [3.63, 3.8) is 0 Å². The van der Waals surface area contributed by atoms with Gasteiger partial charge >= 0.3 is 0 Å². The molecule has 4 nitrogen and oxygen atoms in total. The molecule has 0 radical (unpaired) electrons. The summed E-state index contributed by atoms with van der Waals surface area (Å²) >= 11 is 0. The van der Waals surface area contributed by atoms with Crippen molar-refractivity contribution in [2.75, 3.05) is 20.1 Å². The summed E-state index contributed by atoms with van der Waals surface area (Å²) in [7, 11) is 1.83. The third-order valence-electron chi connectivity index (χ3n) is 3.51. The van der Waals surface area contributed by atoms with Crippen LogP contribution >= 0.6 is 0 Å². The van der Waals surface area contributed by atoms with Crippen LogP contribution in [0.2, 0.25) is 0 Å². The fraction of sp³-hybridized carbons (Fsp3) is 0.846. The number of amides is 1. The van der Waals surface area contributed by atoms with Crippen LogP contribution in [0.15, 0.2) is 0 Å². The average Bonchev–Trinajstić information content (AvgIpc) is 2.27. The number of nitrogens with zero attached hydrogens (tertiary/aromatic N) is 3. The van der Waals surface area contributed by atoms with Crippen LogP contribution in [0.3, 0.4) is 0 Å². The van der Waals surface area contributed by atoms with Crippen LogP contribution in [0.4, 0.5) is 0 Å². The molecule has 2 unspecified atom stereocenters. The van der Waals surface area contributed by atoms with Crippen molar-refractivity contribution in [3.05, 3.63) is 0 Å². The van der Waals surface area contributed by atoms with E-state index in [1.54, 1.807) is 4.90 Å². The molecule has 0 aliphatic carbocycles. The molecular formula is C13H23N3O. The monoisotopic (exact) mass is 237 g/mol. The maximum Gasteiger partial charge on any atom is 0.241 e. The summed E-state index contributed by atoms with van der Waals surface area (Å²) < 4.78 is 0. The highest BCUT2D eigenvalue weighted by atomic mass is 16.2. The molecule has 2 atom stereocenters. The van der Waals surface area contributed by atoms with Crippen molar-refractivity contribution in [2.24, 2.45) is 5.92 Å². The quantitative estimate of drug-likeness (QED) is 0.744. The number of hydrogen-bond acceptors (Lipinski definition) is 3. The van der Waals surface area contributed by atoms with Gasteiger partial charge in [0.1, 0.15) is 6.04 Å². The minimum absolute atomic E-state index is 0.0917. The lowest BCUT2D eigenvalue weighted by Crippen LogP contribution is -2.59. The number of hydrogen-bond donors (Lipinski definition) is 0. The average molecular weight is 237 g/mol. The zero-order valence-electron chi connectivity index (χ0n) is 11.3. The summed E-state index contributed by atoms with van der Waals surface area (Å²) in [5.41, 5.74) is 0. The Bertz CT molecular complexity index is 308. The van der Waals surface area contributed by atoms with E-state index in [9.17, 15) is 4.79 Å². The lowest BCUT2D eigenvalue weighted by atomic mass is 10.0. The Morgan fingerprint density at radius 1 is 1.53 bits per heavy atom. The van der Waals surface area contributed by atoms with Crippen LogP contribution in [-0.4, -0.2) is 47.9 Å². The lowest BCUT2D eigenvalue weighted by molar-refractivity contribution is -0.143. The molecule has 0 spiro atoms. The summed E-state index contributed by atoms with van der Waals surface area (Å²) in [5.74, 6) is 0.719. The summed E-state index contributed by atoms with van der Waals surface area (Å²) in [6.45, 7) is 8.21. The highest BCUT2D eigenvalue weighted by Crippen LogP contribution is 2.18. The molecule has 96 valence electrons. The fourth-order valence-electron chi connectivity index (χ4n) is 2.17. The van der Waals surface area contributed by atoms with E-state index in [4.69, 9.17) is 5.26 Å². The highest BCUT2D eigenvalue weighted by molar-refractivity contribution is 5.83. The van der Waals surface area contributed by atoms with Gasteiger partial charge in [-0.2, -0.15) is 5.26 Å². The normalized spacial score (nSPS) is 26.4. The Morgan fingerprint density at radius 2 is 2.18 bits per heavy atom. The van der Waals surface area contributed by atoms with Crippen LogP contribution in [0, 0.1) is 17.2 Å². The van der Waals surface area contributed by atoms with Crippen molar-refractivity contribution in [3.8, 4) is 6.07 Å². The van der Waals surface area contributed by atoms with Gasteiger partial charge in [-0.15, -0.1) is 0 Å². The molecule has 1 amide bonds. The van der Waals surface area contributed by atoms with E-state index in [1.807, 2.05) is 7.05 Å². The maximum absolute atomic E-state index is 12.1. The topological polar surface area (TPSA) is 47.3 Å². The molecule has 0 saturated carbocycles. The van der Waals surface area contributed by atoms with E-state index < -0.39 is 0 Å². The summed E-state index contributed by atoms with van der Waals surface area (Å²) in [4.78, 5) is 16.1. The number of rotatable bonds is 4. The van der Waals surface area contributed by atoms with Gasteiger partial charge in [0.25, 0.3) is 0 Å². The first kappa shape index (κ1) is 14.0. The first-order valence-corrected chi connectivity index (χ1v) is 6.35. The summed E-state index contributed by atoms with van der Waals surface area (Å²) in [6, 6.07) is 2.14. The molecule has 0 N–H and O–H groups in total. The number of carbonyl (C=O) groups is 1. The van der Waals surface area contributed by atoms with E-state index in [0.717, 1.165) is 19.5 Å². The van der Waals surface area contributed by atoms with Crippen molar-refractivity contribution < 1.29 is 4.79 Å². The number of nitriles is 1. The van der Waals surface area contributed by atoms with Crippen LogP contribution in [0.25, 0.3) is 0 Å². The molecule has 4 heteroatoms. The van der Waals surface area contributed by atoms with Crippen LogP contribution in [-0.2, 0) is 4.79 Å². The Hall–Kier alpha value is -1.08. The van der Waals surface area contributed by atoms with Crippen molar-refractivity contribution >= 4 is 5.91 Å². The molecule has 0 aromatic rings. The van der Waals surface area contributed by atoms with E-state index >= 15 is 0 Å². The molecule has 1 heterocycles. The Balaban J connectivity index is 2.71. The Morgan fingerprint density at radius 3 is 2.71 bits per heavy atom. The lowest BCUT2D eigenvalue weighted by Gasteiger charge is -2.42. The molecule has 1 aliphatic heterocycles. The molecule has 1 rings (SSSR count). The van der Waals surface area contributed by atoms with Crippen LogP contribution in [0.1, 0.15) is 33.6 Å². The second-order valence-corrected chi connectivity index (χ2v) is 5.35. The molecule has 1 fully saturated rings. The van der Waals surface area contributed by atoms with Gasteiger partial charge in [-0.25, -0.2) is 0 Å². The molecule has 1 saturated heterocycles. The summed E-state index contributed by atoms with van der Waals surface area (Å²) in [6.07, 6.45) is 1.37. The van der Waals surface area contributed by atoms with Gasteiger partial charge in [0.05, 0.1) is 12.5 Å². The molecule has 0 bridgehead atoms. The predicted octanol–water partition coefficient (Wildman–Crippen LogP) is 1.48. The van der Waals surface area contributed by atoms with Crippen molar-refractivity contribution in [1.82, 2.24) is 9.80 Å². The van der Waals surface area contributed by atoms with Gasteiger partial charge in [-0.05, 0) is 25.8 Å². The van der Waals surface area contributed by atoms with Gasteiger partial charge < -0.3 is 4.90 Å². The van der Waals surface area contributed by atoms with Gasteiger partial charge in [0, 0.05) is 19.6 Å². The Kier molecular flexibility index (Phi) is 4.95. The van der Waals surface area contributed by atoms with Gasteiger partial charge in [0.2, 0.25) is 5.91 Å². The highest BCUT2D eigenvalue weighted by Gasteiger charge is 2.36. The predicted molar refractivity (Wildman–Crippen MR) is 67.3 cm³/mol. The summed E-state index contributed by atoms with van der Waals surface area (Å²) in [5, 5.41) is 8.84. The van der Waals surface area contributed by atoms with E-state index in [0.29, 0.717) is 12.3 Å². The second-order valence-electron chi connectivity index (χ2n) is 5.35. The smallest absolute Gasteiger partial charge is 0.241 e. The van der Waals surface area contributed by atoms with Crippen LogP contribution < -0.4 is 0 Å². The number of piperazine rings is 1. The molecule has 17 heavy (non-hydrogen) atoms. The van der Waals surface area contributed by atoms with Gasteiger partial charge in [0.15, 0.2) is 0 Å². The minimum Gasteiger partial charge on any atom is -0.340 e. The standard InChI is InChI=1S/C13H23N3O/c1-10(2)6-8-16-9-11(3)15(4)13(17)12(16)5-7-14/h10-12H,5-6,8-9H2,1-4H3. The largest absolute Gasteiger partial charge is 0.340 e. The molecule has 0 aromatic heterocycles. The van der Waals surface area contributed by atoms with Crippen molar-refractivity contribution in [1.29, 1.82) is 5.26 Å². The SMILES string of the molecule is CC(C)CCN1CC(C)N(C)C(=O)C1CC#N. The third-order valence-corrected chi connectivity index (χ3v) is 3.51. The molecular weight excluding hydrogens is 214 g/mol. The minimum atomic E-state index is -0.236. The van der Waals surface area contributed by atoms with Gasteiger partial charge in [-0.1, -0.05) is 13.8 Å². The fourth-order valence-corrected chi connectivity index (χ4v) is 2.17. The third kappa shape index (κ3) is 3.44. The van der Waals surface area contributed by atoms with E-state index in [-0.39, 0.29) is 18.0 Å². The molecule has 1 aliphatic rings. The first-order chi connectivity index (χ1) is 7.97. The van der Waals surface area contributed by atoms with Crippen LogP contribution in [0.5, 0.6) is 0 Å². The number of carbonyl (C=O) groups excluding carboxylic acids is 1. The van der Waals surface area contributed by atoms with Gasteiger partial charge in [-0.3, -0.25) is 9.69 Å². The first-order valence-electron chi connectivity index (χ1n) is 6.35. The number of likely N-dealkylation sites (N-methyl/N-ethyl adjacent to an activating group) is 1. The zero-order valence-corrected chi connectivity index (χ0v) is 11.3. The zero-order chi connectivity index (χ0) is 13.0. The molecule has 0 aromatic carbocycles.